The summed E-state index contributed by atoms with van der Waals surface area (Å²) in [6.07, 6.45) is 0. The number of carbonyl (C=O) groups is 1. The van der Waals surface area contributed by atoms with Gasteiger partial charge in [0, 0.05) is 11.1 Å². The molecule has 0 spiro atoms. The molecule has 0 saturated heterocycles. The number of hydrogen-bond acceptors (Lipinski definition) is 5. The first-order chi connectivity index (χ1) is 13.0. The fourth-order valence-electron chi connectivity index (χ4n) is 2.89. The van der Waals surface area contributed by atoms with Crippen LogP contribution in [-0.4, -0.2) is 36.5 Å². The summed E-state index contributed by atoms with van der Waals surface area (Å²) in [5.41, 5.74) is 1.28. The molecule has 0 aliphatic carbocycles. The van der Waals surface area contributed by atoms with Crippen molar-refractivity contribution in [1.29, 1.82) is 0 Å². The van der Waals surface area contributed by atoms with Crippen LogP contribution in [0, 0.1) is 5.82 Å². The lowest BCUT2D eigenvalue weighted by Gasteiger charge is -2.08. The first-order valence-electron chi connectivity index (χ1n) is 7.85. The highest BCUT2D eigenvalue weighted by molar-refractivity contribution is 6.08. The Morgan fingerprint density at radius 2 is 1.81 bits per heavy atom. The van der Waals surface area contributed by atoms with E-state index in [2.05, 4.69) is 15.2 Å². The lowest BCUT2D eigenvalue weighted by molar-refractivity contribution is 0.0699. The van der Waals surface area contributed by atoms with Crippen LogP contribution in [0.25, 0.3) is 33.5 Å². The Morgan fingerprint density at radius 1 is 1.07 bits per heavy atom. The van der Waals surface area contributed by atoms with Gasteiger partial charge in [-0.2, -0.15) is 5.10 Å². The number of aromatic nitrogens is 3. The van der Waals surface area contributed by atoms with Gasteiger partial charge in [0.15, 0.2) is 17.1 Å². The number of nitrogens with zero attached hydrogens (tertiary/aromatic N) is 2. The number of rotatable bonds is 3. The quantitative estimate of drug-likeness (QED) is 0.412. The van der Waals surface area contributed by atoms with Gasteiger partial charge < -0.3 is 15.3 Å². The molecule has 0 atom stereocenters. The van der Waals surface area contributed by atoms with E-state index in [9.17, 15) is 24.5 Å². The third kappa shape index (κ3) is 2.73. The number of benzene rings is 2. The average Bonchev–Trinajstić information content (AvgIpc) is 3.07. The molecule has 2 aromatic carbocycles. The molecule has 0 unspecified atom stereocenters. The third-order valence-corrected chi connectivity index (χ3v) is 4.18. The van der Waals surface area contributed by atoms with Crippen molar-refractivity contribution in [3.05, 3.63) is 59.9 Å². The molecule has 27 heavy (non-hydrogen) atoms. The number of halogens is 1. The van der Waals surface area contributed by atoms with Crippen molar-refractivity contribution in [2.45, 2.75) is 0 Å². The van der Waals surface area contributed by atoms with Gasteiger partial charge in [-0.15, -0.1) is 0 Å². The number of aromatic carboxylic acids is 1. The number of para-hydroxylation sites is 1. The highest BCUT2D eigenvalue weighted by atomic mass is 19.1. The standard InChI is InChI=1S/C19H12FN3O4/c20-10-6-4-9(5-7-10)16-15-12(19(26)27)8-13(21-18(15)23-22-16)11-2-1-3-14(24)17(11)25/h1-8,24-25H,(H,26,27)(H,21,22,23). The Balaban J connectivity index is 1.98. The molecule has 0 aliphatic heterocycles. The molecule has 0 bridgehead atoms. The second kappa shape index (κ2) is 6.10. The van der Waals surface area contributed by atoms with Crippen molar-refractivity contribution in [3.8, 4) is 34.0 Å². The maximum atomic E-state index is 13.2. The molecule has 134 valence electrons. The Morgan fingerprint density at radius 3 is 2.52 bits per heavy atom. The van der Waals surface area contributed by atoms with Gasteiger partial charge in [0.1, 0.15) is 5.82 Å². The molecule has 7 nitrogen and oxygen atoms in total. The van der Waals surface area contributed by atoms with Crippen LogP contribution in [-0.2, 0) is 0 Å². The fraction of sp³-hybridized carbons (Fsp3) is 0. The zero-order valence-electron chi connectivity index (χ0n) is 13.6. The number of hydrogen-bond donors (Lipinski definition) is 4. The van der Waals surface area contributed by atoms with Gasteiger partial charge in [-0.1, -0.05) is 6.07 Å². The first-order valence-corrected chi connectivity index (χ1v) is 7.85. The predicted octanol–water partition coefficient (Wildman–Crippen LogP) is 3.54. The average molecular weight is 365 g/mol. The maximum Gasteiger partial charge on any atom is 0.336 e. The summed E-state index contributed by atoms with van der Waals surface area (Å²) in [6.45, 7) is 0. The number of carboxylic acids is 1. The number of aromatic hydroxyl groups is 2. The van der Waals surface area contributed by atoms with Crippen molar-refractivity contribution in [3.63, 3.8) is 0 Å². The van der Waals surface area contributed by atoms with Crippen molar-refractivity contribution < 1.29 is 24.5 Å². The SMILES string of the molecule is O=C(O)c1cc(-c2cccc(O)c2O)nc2n[nH]c(-c3ccc(F)cc3)c12. The van der Waals surface area contributed by atoms with Crippen LogP contribution in [0.5, 0.6) is 11.5 Å². The van der Waals surface area contributed by atoms with Crippen LogP contribution in [0.3, 0.4) is 0 Å². The highest BCUT2D eigenvalue weighted by Crippen LogP contribution is 2.37. The number of fused-ring (bicyclic) bond motifs is 1. The summed E-state index contributed by atoms with van der Waals surface area (Å²) in [5, 5.41) is 36.5. The first kappa shape index (κ1) is 16.5. The summed E-state index contributed by atoms with van der Waals surface area (Å²) in [6, 6.07) is 11.1. The van der Waals surface area contributed by atoms with Gasteiger partial charge in [0.05, 0.1) is 22.3 Å². The zero-order valence-corrected chi connectivity index (χ0v) is 13.6. The number of nitrogens with one attached hydrogen (secondary N) is 1. The normalized spacial score (nSPS) is 11.0. The molecule has 0 saturated carbocycles. The van der Waals surface area contributed by atoms with Crippen molar-refractivity contribution in [1.82, 2.24) is 15.2 Å². The van der Waals surface area contributed by atoms with Gasteiger partial charge in [0.25, 0.3) is 0 Å². The van der Waals surface area contributed by atoms with E-state index in [1.807, 2.05) is 0 Å². The van der Waals surface area contributed by atoms with Crippen LogP contribution in [0.15, 0.2) is 48.5 Å². The van der Waals surface area contributed by atoms with Crippen molar-refractivity contribution in [2.75, 3.05) is 0 Å². The smallest absolute Gasteiger partial charge is 0.336 e. The van der Waals surface area contributed by atoms with Gasteiger partial charge in [0.2, 0.25) is 0 Å². The van der Waals surface area contributed by atoms with Crippen molar-refractivity contribution in [2.24, 2.45) is 0 Å². The summed E-state index contributed by atoms with van der Waals surface area (Å²) in [7, 11) is 0. The molecule has 0 amide bonds. The number of carboxylic acid groups (broad SMARTS) is 1. The van der Waals surface area contributed by atoms with Crippen LogP contribution in [0.1, 0.15) is 10.4 Å². The van der Waals surface area contributed by atoms with E-state index in [1.54, 1.807) is 0 Å². The molecule has 4 N–H and O–H groups in total. The molecular formula is C19H12FN3O4. The van der Waals surface area contributed by atoms with Gasteiger partial charge in [-0.05, 0) is 42.5 Å². The molecular weight excluding hydrogens is 353 g/mol. The summed E-state index contributed by atoms with van der Waals surface area (Å²) >= 11 is 0. The third-order valence-electron chi connectivity index (χ3n) is 4.18. The van der Waals surface area contributed by atoms with Crippen molar-refractivity contribution >= 4 is 17.0 Å². The second-order valence-electron chi connectivity index (χ2n) is 5.84. The van der Waals surface area contributed by atoms with E-state index in [0.29, 0.717) is 11.3 Å². The van der Waals surface area contributed by atoms with E-state index < -0.39 is 17.5 Å². The van der Waals surface area contributed by atoms with Crippen LogP contribution < -0.4 is 0 Å². The molecule has 4 rings (SSSR count). The summed E-state index contributed by atoms with van der Waals surface area (Å²) in [4.78, 5) is 16.1. The zero-order chi connectivity index (χ0) is 19.1. The van der Waals surface area contributed by atoms with E-state index in [0.717, 1.165) is 0 Å². The molecule has 0 aliphatic rings. The Hall–Kier alpha value is -3.94. The largest absolute Gasteiger partial charge is 0.504 e. The minimum Gasteiger partial charge on any atom is -0.504 e. The fourth-order valence-corrected chi connectivity index (χ4v) is 2.89. The van der Waals surface area contributed by atoms with Gasteiger partial charge in [-0.3, -0.25) is 5.10 Å². The number of aromatic amines is 1. The van der Waals surface area contributed by atoms with Gasteiger partial charge >= 0.3 is 5.97 Å². The van der Waals surface area contributed by atoms with E-state index in [4.69, 9.17) is 0 Å². The molecule has 2 heterocycles. The van der Waals surface area contributed by atoms with Crippen LogP contribution >= 0.6 is 0 Å². The number of pyridine rings is 1. The number of H-pyrrole nitrogens is 1. The minimum absolute atomic E-state index is 0.0918. The predicted molar refractivity (Wildman–Crippen MR) is 95.0 cm³/mol. The minimum atomic E-state index is -1.21. The van der Waals surface area contributed by atoms with Crippen LogP contribution in [0.2, 0.25) is 0 Å². The molecule has 2 aromatic heterocycles. The van der Waals surface area contributed by atoms with Gasteiger partial charge in [-0.25, -0.2) is 14.2 Å². The molecule has 8 heteroatoms. The Labute approximate surface area is 151 Å². The van der Waals surface area contributed by atoms with E-state index >= 15 is 0 Å². The monoisotopic (exact) mass is 365 g/mol. The summed E-state index contributed by atoms with van der Waals surface area (Å²) in [5.74, 6) is -2.39. The van der Waals surface area contributed by atoms with E-state index in [-0.39, 0.29) is 33.6 Å². The van der Waals surface area contributed by atoms with E-state index in [1.165, 1.54) is 48.5 Å². The number of phenols is 2. The molecule has 0 fully saturated rings. The van der Waals surface area contributed by atoms with Crippen LogP contribution in [0.4, 0.5) is 4.39 Å². The second-order valence-corrected chi connectivity index (χ2v) is 5.84. The number of phenolic OH excluding ortho intramolecular Hbond substituents is 2. The lowest BCUT2D eigenvalue weighted by atomic mass is 10.0. The molecule has 4 aromatic rings. The lowest BCUT2D eigenvalue weighted by Crippen LogP contribution is -2.00. The maximum absolute atomic E-state index is 13.2. The summed E-state index contributed by atoms with van der Waals surface area (Å²) < 4.78 is 13.2. The molecule has 0 radical (unpaired) electrons. The topological polar surface area (TPSA) is 119 Å². The Bertz CT molecular complexity index is 1190. The highest BCUT2D eigenvalue weighted by Gasteiger charge is 2.21. The Kier molecular flexibility index (Phi) is 3.73.